The van der Waals surface area contributed by atoms with Crippen molar-refractivity contribution in [2.24, 2.45) is 5.92 Å². The van der Waals surface area contributed by atoms with Gasteiger partial charge in [-0.25, -0.2) is 14.6 Å². The van der Waals surface area contributed by atoms with Crippen LogP contribution >= 0.6 is 0 Å². The second-order valence-electron chi connectivity index (χ2n) is 7.25. The third kappa shape index (κ3) is 3.82. The summed E-state index contributed by atoms with van der Waals surface area (Å²) >= 11 is 0. The zero-order chi connectivity index (χ0) is 16.4. The number of aromatic nitrogens is 4. The Morgan fingerprint density at radius 1 is 1.22 bits per heavy atom. The largest absolute Gasteiger partial charge is 0.297 e. The molecule has 0 saturated carbocycles. The topological polar surface area (TPSA) is 63.9 Å². The van der Waals surface area contributed by atoms with Crippen molar-refractivity contribution in [2.75, 3.05) is 13.1 Å². The molecule has 2 aromatic rings. The van der Waals surface area contributed by atoms with Crippen LogP contribution in [0.1, 0.15) is 32.2 Å². The lowest BCUT2D eigenvalue weighted by atomic mass is 9.92. The summed E-state index contributed by atoms with van der Waals surface area (Å²) in [6, 6.07) is 5.40. The maximum absolute atomic E-state index is 12.0. The van der Waals surface area contributed by atoms with Gasteiger partial charge in [0.05, 0.1) is 17.9 Å². The van der Waals surface area contributed by atoms with Gasteiger partial charge in [0.2, 0.25) is 0 Å². The maximum Gasteiger partial charge on any atom is 0.266 e. The van der Waals surface area contributed by atoms with Crippen LogP contribution in [0.2, 0.25) is 0 Å². The molecule has 0 bridgehead atoms. The molecule has 1 aliphatic heterocycles. The molecule has 23 heavy (non-hydrogen) atoms. The van der Waals surface area contributed by atoms with Gasteiger partial charge in [0.15, 0.2) is 0 Å². The molecule has 0 atom stereocenters. The van der Waals surface area contributed by atoms with E-state index in [1.165, 1.54) is 0 Å². The van der Waals surface area contributed by atoms with Gasteiger partial charge >= 0.3 is 0 Å². The van der Waals surface area contributed by atoms with E-state index >= 15 is 0 Å². The SMILES string of the molecule is CC(C)(C)c1ccc(=O)n(CC2CN(Cc3ccncn3)C2)n1. The van der Waals surface area contributed by atoms with E-state index in [0.717, 1.165) is 31.0 Å². The third-order valence-corrected chi connectivity index (χ3v) is 4.13. The van der Waals surface area contributed by atoms with Gasteiger partial charge < -0.3 is 0 Å². The molecule has 6 heteroatoms. The lowest BCUT2D eigenvalue weighted by molar-refractivity contribution is 0.0750. The average molecular weight is 313 g/mol. The normalized spacial score (nSPS) is 16.3. The van der Waals surface area contributed by atoms with E-state index in [2.05, 4.69) is 40.7 Å². The molecule has 0 amide bonds. The fourth-order valence-electron chi connectivity index (χ4n) is 2.79. The summed E-state index contributed by atoms with van der Waals surface area (Å²) in [6.45, 7) is 9.78. The number of likely N-dealkylation sites (tertiary alicyclic amines) is 1. The highest BCUT2D eigenvalue weighted by molar-refractivity contribution is 5.10. The van der Waals surface area contributed by atoms with Crippen LogP contribution in [-0.4, -0.2) is 37.7 Å². The molecule has 1 fully saturated rings. The fraction of sp³-hybridized carbons (Fsp3) is 0.529. The van der Waals surface area contributed by atoms with Crippen LogP contribution in [0.5, 0.6) is 0 Å². The van der Waals surface area contributed by atoms with E-state index < -0.39 is 0 Å². The maximum atomic E-state index is 12.0. The van der Waals surface area contributed by atoms with Crippen molar-refractivity contribution in [3.8, 4) is 0 Å². The highest BCUT2D eigenvalue weighted by Crippen LogP contribution is 2.20. The van der Waals surface area contributed by atoms with E-state index in [0.29, 0.717) is 12.5 Å². The summed E-state index contributed by atoms with van der Waals surface area (Å²) in [5.74, 6) is 0.470. The fourth-order valence-corrected chi connectivity index (χ4v) is 2.79. The second-order valence-corrected chi connectivity index (χ2v) is 7.25. The van der Waals surface area contributed by atoms with Gasteiger partial charge in [-0.15, -0.1) is 0 Å². The van der Waals surface area contributed by atoms with Crippen molar-refractivity contribution in [2.45, 2.75) is 39.3 Å². The summed E-state index contributed by atoms with van der Waals surface area (Å²) in [7, 11) is 0. The van der Waals surface area contributed by atoms with Gasteiger partial charge in [-0.2, -0.15) is 5.10 Å². The van der Waals surface area contributed by atoms with Crippen molar-refractivity contribution in [3.05, 3.63) is 52.5 Å². The average Bonchev–Trinajstić information content (AvgIpc) is 2.47. The van der Waals surface area contributed by atoms with Crippen LogP contribution in [0.3, 0.4) is 0 Å². The van der Waals surface area contributed by atoms with Crippen molar-refractivity contribution < 1.29 is 0 Å². The Bertz CT molecular complexity index is 714. The molecule has 3 rings (SSSR count). The molecule has 0 radical (unpaired) electrons. The molecule has 1 aliphatic rings. The summed E-state index contributed by atoms with van der Waals surface area (Å²) in [6.07, 6.45) is 3.34. The Morgan fingerprint density at radius 3 is 2.65 bits per heavy atom. The van der Waals surface area contributed by atoms with E-state index in [1.807, 2.05) is 12.1 Å². The lowest BCUT2D eigenvalue weighted by Gasteiger charge is -2.39. The van der Waals surface area contributed by atoms with E-state index in [1.54, 1.807) is 23.3 Å². The van der Waals surface area contributed by atoms with E-state index in [4.69, 9.17) is 0 Å². The first kappa shape index (κ1) is 15.8. The van der Waals surface area contributed by atoms with E-state index in [-0.39, 0.29) is 11.0 Å². The van der Waals surface area contributed by atoms with Gasteiger partial charge in [0.1, 0.15) is 6.33 Å². The first-order valence-corrected chi connectivity index (χ1v) is 7.98. The molecule has 0 aromatic carbocycles. The third-order valence-electron chi connectivity index (χ3n) is 4.13. The monoisotopic (exact) mass is 313 g/mol. The number of rotatable bonds is 4. The molecular weight excluding hydrogens is 290 g/mol. The molecule has 1 saturated heterocycles. The molecule has 0 spiro atoms. The van der Waals surface area contributed by atoms with Crippen LogP contribution in [0.25, 0.3) is 0 Å². The van der Waals surface area contributed by atoms with Crippen molar-refractivity contribution in [1.82, 2.24) is 24.6 Å². The first-order chi connectivity index (χ1) is 10.9. The zero-order valence-corrected chi connectivity index (χ0v) is 13.9. The quantitative estimate of drug-likeness (QED) is 0.855. The standard InChI is InChI=1S/C17H23N5O/c1-17(2,3)15-4-5-16(23)22(20-15)10-13-8-21(9-13)11-14-6-7-18-12-19-14/h4-7,12-13H,8-11H2,1-3H3. The van der Waals surface area contributed by atoms with Crippen molar-refractivity contribution in [1.29, 1.82) is 0 Å². The second kappa shape index (κ2) is 6.20. The molecule has 3 heterocycles. The molecule has 0 aliphatic carbocycles. The van der Waals surface area contributed by atoms with Crippen molar-refractivity contribution >= 4 is 0 Å². The minimum atomic E-state index is -0.0475. The molecule has 0 unspecified atom stereocenters. The predicted molar refractivity (Wildman–Crippen MR) is 88.0 cm³/mol. The number of hydrogen-bond donors (Lipinski definition) is 0. The van der Waals surface area contributed by atoms with Crippen LogP contribution in [0, 0.1) is 5.92 Å². The Hall–Kier alpha value is -2.08. The minimum absolute atomic E-state index is 0.0211. The van der Waals surface area contributed by atoms with Crippen LogP contribution in [0.4, 0.5) is 0 Å². The first-order valence-electron chi connectivity index (χ1n) is 7.98. The number of hydrogen-bond acceptors (Lipinski definition) is 5. The summed E-state index contributed by atoms with van der Waals surface area (Å²) in [5, 5.41) is 4.54. The van der Waals surface area contributed by atoms with Gasteiger partial charge in [0, 0.05) is 43.2 Å². The number of nitrogens with zero attached hydrogens (tertiary/aromatic N) is 5. The summed E-state index contributed by atoms with van der Waals surface area (Å²) < 4.78 is 1.62. The molecular formula is C17H23N5O. The smallest absolute Gasteiger partial charge is 0.266 e. The zero-order valence-electron chi connectivity index (χ0n) is 13.9. The molecule has 6 nitrogen and oxygen atoms in total. The van der Waals surface area contributed by atoms with Crippen molar-refractivity contribution in [3.63, 3.8) is 0 Å². The molecule has 2 aromatic heterocycles. The van der Waals surface area contributed by atoms with Crippen LogP contribution in [-0.2, 0) is 18.5 Å². The Labute approximate surface area is 136 Å². The lowest BCUT2D eigenvalue weighted by Crippen LogP contribution is -2.49. The Kier molecular flexibility index (Phi) is 4.26. The van der Waals surface area contributed by atoms with Gasteiger partial charge in [-0.05, 0) is 12.1 Å². The summed E-state index contributed by atoms with van der Waals surface area (Å²) in [4.78, 5) is 22.5. The molecule has 122 valence electrons. The Morgan fingerprint density at radius 2 is 2.00 bits per heavy atom. The highest BCUT2D eigenvalue weighted by Gasteiger charge is 2.28. The van der Waals surface area contributed by atoms with Crippen LogP contribution < -0.4 is 5.56 Å². The highest BCUT2D eigenvalue weighted by atomic mass is 16.1. The van der Waals surface area contributed by atoms with Gasteiger partial charge in [-0.3, -0.25) is 9.69 Å². The Balaban J connectivity index is 1.59. The predicted octanol–water partition coefficient (Wildman–Crippen LogP) is 1.46. The molecule has 0 N–H and O–H groups in total. The van der Waals surface area contributed by atoms with Gasteiger partial charge in [-0.1, -0.05) is 20.8 Å². The minimum Gasteiger partial charge on any atom is -0.297 e. The van der Waals surface area contributed by atoms with Gasteiger partial charge in [0.25, 0.3) is 5.56 Å². The van der Waals surface area contributed by atoms with Crippen LogP contribution in [0.15, 0.2) is 35.5 Å². The van der Waals surface area contributed by atoms with E-state index in [9.17, 15) is 4.79 Å². The summed E-state index contributed by atoms with van der Waals surface area (Å²) in [5.41, 5.74) is 1.92.